The van der Waals surface area contributed by atoms with Crippen molar-refractivity contribution in [3.05, 3.63) is 34.9 Å². The Morgan fingerprint density at radius 1 is 1.24 bits per heavy atom. The van der Waals surface area contributed by atoms with E-state index in [0.717, 1.165) is 43.1 Å². The van der Waals surface area contributed by atoms with Crippen LogP contribution in [0.5, 0.6) is 0 Å². The molecule has 0 saturated heterocycles. The second-order valence-corrected chi connectivity index (χ2v) is 5.82. The van der Waals surface area contributed by atoms with E-state index in [1.165, 1.54) is 0 Å². The van der Waals surface area contributed by atoms with Crippen molar-refractivity contribution < 1.29 is 4.79 Å². The molecule has 0 spiro atoms. The number of nitrogens with one attached hydrogen (secondary N) is 2. The van der Waals surface area contributed by atoms with Gasteiger partial charge in [-0.15, -0.1) is 0 Å². The summed E-state index contributed by atoms with van der Waals surface area (Å²) >= 11 is 5.92. The van der Waals surface area contributed by atoms with E-state index in [2.05, 4.69) is 29.6 Å². The second-order valence-electron chi connectivity index (χ2n) is 5.39. The Bertz CT molecular complexity index is 424. The molecule has 0 fully saturated rings. The van der Waals surface area contributed by atoms with Crippen LogP contribution >= 0.6 is 11.6 Å². The molecule has 0 aliphatic carbocycles. The lowest BCUT2D eigenvalue weighted by Crippen LogP contribution is -2.30. The van der Waals surface area contributed by atoms with Gasteiger partial charge < -0.3 is 15.5 Å². The van der Waals surface area contributed by atoms with Gasteiger partial charge in [0.25, 0.3) is 0 Å². The lowest BCUT2D eigenvalue weighted by Gasteiger charge is -2.10. The van der Waals surface area contributed by atoms with Gasteiger partial charge in [-0.2, -0.15) is 0 Å². The Kier molecular flexibility index (Phi) is 9.06. The van der Waals surface area contributed by atoms with Gasteiger partial charge in [-0.1, -0.05) is 23.7 Å². The van der Waals surface area contributed by atoms with Crippen molar-refractivity contribution in [2.45, 2.75) is 19.3 Å². The highest BCUT2D eigenvalue weighted by atomic mass is 35.5. The minimum Gasteiger partial charge on any atom is -0.356 e. The average molecular weight is 312 g/mol. The van der Waals surface area contributed by atoms with Crippen LogP contribution in [0.4, 0.5) is 0 Å². The van der Waals surface area contributed by atoms with Crippen LogP contribution in [-0.2, 0) is 11.2 Å². The third kappa shape index (κ3) is 9.45. The highest BCUT2D eigenvalue weighted by molar-refractivity contribution is 6.30. The SMILES string of the molecule is CN(C)CCCNCCC(=O)NCCc1cccc(Cl)c1. The van der Waals surface area contributed by atoms with Crippen LogP contribution in [0.1, 0.15) is 18.4 Å². The summed E-state index contributed by atoms with van der Waals surface area (Å²) < 4.78 is 0. The quantitative estimate of drug-likeness (QED) is 0.649. The standard InChI is InChI=1S/C16H26ClN3O/c1-20(2)12-4-9-18-10-8-16(21)19-11-7-14-5-3-6-15(17)13-14/h3,5-6,13,18H,4,7-12H2,1-2H3,(H,19,21). The molecule has 0 aliphatic heterocycles. The smallest absolute Gasteiger partial charge is 0.221 e. The minimum atomic E-state index is 0.0946. The summed E-state index contributed by atoms with van der Waals surface area (Å²) in [4.78, 5) is 13.8. The van der Waals surface area contributed by atoms with Gasteiger partial charge in [0.1, 0.15) is 0 Å². The van der Waals surface area contributed by atoms with Crippen LogP contribution < -0.4 is 10.6 Å². The minimum absolute atomic E-state index is 0.0946. The number of hydrogen-bond acceptors (Lipinski definition) is 3. The third-order valence-corrected chi connectivity index (χ3v) is 3.35. The number of amides is 1. The number of nitrogens with zero attached hydrogens (tertiary/aromatic N) is 1. The fraction of sp³-hybridized carbons (Fsp3) is 0.562. The van der Waals surface area contributed by atoms with Crippen LogP contribution in [0.15, 0.2) is 24.3 Å². The van der Waals surface area contributed by atoms with Crippen LogP contribution in [0.2, 0.25) is 5.02 Å². The Hall–Kier alpha value is -1.10. The molecule has 5 heteroatoms. The maximum absolute atomic E-state index is 11.7. The largest absolute Gasteiger partial charge is 0.356 e. The zero-order valence-electron chi connectivity index (χ0n) is 13.0. The molecular formula is C16H26ClN3O. The zero-order chi connectivity index (χ0) is 15.5. The van der Waals surface area contributed by atoms with Crippen molar-refractivity contribution in [1.82, 2.24) is 15.5 Å². The highest BCUT2D eigenvalue weighted by Gasteiger charge is 2.01. The van der Waals surface area contributed by atoms with Gasteiger partial charge in [0.2, 0.25) is 5.91 Å². The molecule has 0 atom stereocenters. The first kappa shape index (κ1) is 18.0. The van der Waals surface area contributed by atoms with E-state index < -0.39 is 0 Å². The maximum atomic E-state index is 11.7. The van der Waals surface area contributed by atoms with Crippen LogP contribution in [0.3, 0.4) is 0 Å². The van der Waals surface area contributed by atoms with Crippen LogP contribution in [0, 0.1) is 0 Å². The van der Waals surface area contributed by atoms with Crippen molar-refractivity contribution >= 4 is 17.5 Å². The highest BCUT2D eigenvalue weighted by Crippen LogP contribution is 2.10. The lowest BCUT2D eigenvalue weighted by molar-refractivity contribution is -0.120. The van der Waals surface area contributed by atoms with E-state index in [-0.39, 0.29) is 5.91 Å². The van der Waals surface area contributed by atoms with E-state index in [4.69, 9.17) is 11.6 Å². The van der Waals surface area contributed by atoms with Gasteiger partial charge in [-0.25, -0.2) is 0 Å². The molecule has 1 aromatic carbocycles. The molecule has 1 rings (SSSR count). The molecule has 0 bridgehead atoms. The van der Waals surface area contributed by atoms with Crippen molar-refractivity contribution in [2.75, 3.05) is 40.3 Å². The van der Waals surface area contributed by atoms with Gasteiger partial charge in [0, 0.05) is 24.5 Å². The summed E-state index contributed by atoms with van der Waals surface area (Å²) in [5.74, 6) is 0.0946. The summed E-state index contributed by atoms with van der Waals surface area (Å²) in [6, 6.07) is 7.73. The van der Waals surface area contributed by atoms with Gasteiger partial charge in [0.15, 0.2) is 0 Å². The second kappa shape index (κ2) is 10.6. The van der Waals surface area contributed by atoms with Gasteiger partial charge in [0.05, 0.1) is 0 Å². The number of benzene rings is 1. The molecule has 0 aromatic heterocycles. The van der Waals surface area contributed by atoms with E-state index in [1.807, 2.05) is 24.3 Å². The van der Waals surface area contributed by atoms with E-state index in [9.17, 15) is 4.79 Å². The van der Waals surface area contributed by atoms with Crippen LogP contribution in [-0.4, -0.2) is 51.1 Å². The summed E-state index contributed by atoms with van der Waals surface area (Å²) in [6.45, 7) is 3.41. The van der Waals surface area contributed by atoms with E-state index >= 15 is 0 Å². The Balaban J connectivity index is 2.01. The van der Waals surface area contributed by atoms with Crippen LogP contribution in [0.25, 0.3) is 0 Å². The molecule has 1 aromatic rings. The van der Waals surface area contributed by atoms with E-state index in [0.29, 0.717) is 13.0 Å². The molecule has 0 saturated carbocycles. The fourth-order valence-corrected chi connectivity index (χ4v) is 2.19. The predicted octanol–water partition coefficient (Wildman–Crippen LogP) is 1.93. The third-order valence-electron chi connectivity index (χ3n) is 3.11. The van der Waals surface area contributed by atoms with Gasteiger partial charge >= 0.3 is 0 Å². The Morgan fingerprint density at radius 2 is 2.05 bits per heavy atom. The fourth-order valence-electron chi connectivity index (χ4n) is 1.97. The normalized spacial score (nSPS) is 10.9. The molecular weight excluding hydrogens is 286 g/mol. The number of rotatable bonds is 10. The topological polar surface area (TPSA) is 44.4 Å². The maximum Gasteiger partial charge on any atom is 0.221 e. The molecule has 2 N–H and O–H groups in total. The molecule has 0 heterocycles. The Labute approximate surface area is 132 Å². The van der Waals surface area contributed by atoms with Crippen molar-refractivity contribution in [2.24, 2.45) is 0 Å². The Morgan fingerprint density at radius 3 is 2.76 bits per heavy atom. The van der Waals surface area contributed by atoms with Crippen molar-refractivity contribution in [3.8, 4) is 0 Å². The number of carbonyl (C=O) groups excluding carboxylic acids is 1. The molecule has 0 unspecified atom stereocenters. The first-order valence-electron chi connectivity index (χ1n) is 7.44. The molecule has 0 aliphatic rings. The average Bonchev–Trinajstić information content (AvgIpc) is 2.42. The molecule has 0 radical (unpaired) electrons. The van der Waals surface area contributed by atoms with Crippen molar-refractivity contribution in [1.29, 1.82) is 0 Å². The summed E-state index contributed by atoms with van der Waals surface area (Å²) in [6.07, 6.45) is 2.43. The zero-order valence-corrected chi connectivity index (χ0v) is 13.7. The number of hydrogen-bond donors (Lipinski definition) is 2. The van der Waals surface area contributed by atoms with Gasteiger partial charge in [-0.05, 0) is 57.7 Å². The number of halogens is 1. The molecule has 21 heavy (non-hydrogen) atoms. The van der Waals surface area contributed by atoms with Crippen molar-refractivity contribution in [3.63, 3.8) is 0 Å². The first-order chi connectivity index (χ1) is 10.1. The number of carbonyl (C=O) groups is 1. The van der Waals surface area contributed by atoms with E-state index in [1.54, 1.807) is 0 Å². The molecule has 1 amide bonds. The van der Waals surface area contributed by atoms with Gasteiger partial charge in [-0.3, -0.25) is 4.79 Å². The first-order valence-corrected chi connectivity index (χ1v) is 7.82. The monoisotopic (exact) mass is 311 g/mol. The predicted molar refractivity (Wildman–Crippen MR) is 88.8 cm³/mol. The molecule has 118 valence electrons. The summed E-state index contributed by atoms with van der Waals surface area (Å²) in [7, 11) is 4.13. The lowest BCUT2D eigenvalue weighted by atomic mass is 10.1. The summed E-state index contributed by atoms with van der Waals surface area (Å²) in [5, 5.41) is 6.95. The molecule has 4 nitrogen and oxygen atoms in total. The summed E-state index contributed by atoms with van der Waals surface area (Å²) in [5.41, 5.74) is 1.14.